The van der Waals surface area contributed by atoms with Crippen LogP contribution in [0.15, 0.2) is 301 Å². The van der Waals surface area contributed by atoms with E-state index in [2.05, 4.69) is 157 Å². The number of carbonyl (C=O) groups is 1. The summed E-state index contributed by atoms with van der Waals surface area (Å²) in [6, 6.07) is 59.4. The third-order valence-corrected chi connectivity index (χ3v) is 30.3. The number of nitrogens with zero attached hydrogens (tertiary/aromatic N) is 16. The van der Waals surface area contributed by atoms with Gasteiger partial charge in [-0.05, 0) is 253 Å². The predicted molar refractivity (Wildman–Crippen MR) is 545 cm³/mol. The number of fused-ring (bicyclic) bond motifs is 4. The summed E-state index contributed by atoms with van der Waals surface area (Å²) in [5.74, 6) is 2.01. The lowest BCUT2D eigenvalue weighted by Gasteiger charge is -2.27. The summed E-state index contributed by atoms with van der Waals surface area (Å²) < 4.78 is 112. The molecular weight excluding hydrogens is 1850 g/mol. The van der Waals surface area contributed by atoms with Crippen LogP contribution in [0.3, 0.4) is 0 Å². The number of benzene rings is 4. The standard InChI is InChI=1S/C28H27N5O3S.C27H27N5O3S.C27H24N4O3.C26H25N5O3S/c1-17-27(19(3)36-31-17)21-14-26-28(30-15-21)24(16-33(26)18(2)25-6-4-5-13-29-25)20-7-11-23(12-8-20)37(34,35)32-22-9-10-22;1-5-30-36(33,34)22-11-9-20(10-12-22)23-16-32(18(3)24-8-6-7-13-28-24)25-14-21(15-29-27(23)25)26-17(2)31-35-19(26)4;1-16-24(17(2)34-30-16)20-13-22-25(29-14-20)21(18-8-10-19(11-9-18)26(32)33)15-31(22)27(3,4)23-7-5-6-12-28-23;1-16-25(18(3)34-30-16)20-13-24-26(29-14-20)22(15-31(24)17(2)23-7-5-6-12-28-23)19-8-10-21(11-9-19)35(32,33)27-4/h4-8,11-16,18,22,32H,9-10H2,1-3H3;6-16,18,30H,5H2,1-4H3;5-15H,1-4H3,(H,32,33);5-15,17,27H,1-4H3/t2*18-;;17-/m00.0/s1. The monoisotopic (exact) mass is 1950 g/mol. The molecule has 3 atom stereocenters. The van der Waals surface area contributed by atoms with Gasteiger partial charge in [-0.15, -0.1) is 0 Å². The third kappa shape index (κ3) is 19.2. The Hall–Kier alpha value is -15.7. The molecular formula is C108H103N19O12S3. The summed E-state index contributed by atoms with van der Waals surface area (Å²) in [5.41, 5.74) is 28.3. The second-order valence-electron chi connectivity index (χ2n) is 35.6. The van der Waals surface area contributed by atoms with Crippen LogP contribution in [0, 0.1) is 55.4 Å². The number of nitrogens with one attached hydrogen (secondary N) is 3. The van der Waals surface area contributed by atoms with Crippen LogP contribution >= 0.6 is 0 Å². The maximum atomic E-state index is 12.7. The topological polar surface area (TPSA) is 403 Å². The average molecular weight is 1960 g/mol. The summed E-state index contributed by atoms with van der Waals surface area (Å²) in [6.45, 7) is 27.9. The van der Waals surface area contributed by atoms with Crippen molar-refractivity contribution in [3.63, 3.8) is 0 Å². The lowest BCUT2D eigenvalue weighted by atomic mass is 9.99. The van der Waals surface area contributed by atoms with Gasteiger partial charge in [0.15, 0.2) is 0 Å². The van der Waals surface area contributed by atoms with Crippen molar-refractivity contribution in [2.75, 3.05) is 13.6 Å². The summed E-state index contributed by atoms with van der Waals surface area (Å²) >= 11 is 0. The highest BCUT2D eigenvalue weighted by Gasteiger charge is 2.33. The van der Waals surface area contributed by atoms with Gasteiger partial charge in [-0.1, -0.05) is 100 Å². The van der Waals surface area contributed by atoms with Crippen molar-refractivity contribution in [1.29, 1.82) is 0 Å². The van der Waals surface area contributed by atoms with Crippen molar-refractivity contribution in [2.45, 2.75) is 154 Å². The van der Waals surface area contributed by atoms with E-state index in [9.17, 15) is 35.2 Å². The van der Waals surface area contributed by atoms with Gasteiger partial charge in [-0.3, -0.25) is 39.9 Å². The highest BCUT2D eigenvalue weighted by molar-refractivity contribution is 7.90. The highest BCUT2D eigenvalue weighted by Crippen LogP contribution is 2.44. The molecule has 34 heteroatoms. The Morgan fingerprint density at radius 3 is 1.00 bits per heavy atom. The Kier molecular flexibility index (Phi) is 26.9. The molecule has 0 saturated heterocycles. The zero-order chi connectivity index (χ0) is 100.0. The fraction of sp³-hybridized carbons (Fsp3) is 0.213. The number of hydrogen-bond acceptors (Lipinski definition) is 23. The third-order valence-electron chi connectivity index (χ3n) is 25.8. The first-order chi connectivity index (χ1) is 68.2. The lowest BCUT2D eigenvalue weighted by molar-refractivity contribution is 0.0696. The molecule has 1 saturated carbocycles. The van der Waals surface area contributed by atoms with E-state index in [1.54, 1.807) is 92.4 Å². The van der Waals surface area contributed by atoms with Crippen LogP contribution in [-0.4, -0.2) is 135 Å². The van der Waals surface area contributed by atoms with Gasteiger partial charge in [0, 0.05) is 154 Å². The minimum absolute atomic E-state index is 0.0541. The number of sulfonamides is 3. The Labute approximate surface area is 820 Å². The van der Waals surface area contributed by atoms with Crippen molar-refractivity contribution in [2.24, 2.45) is 0 Å². The molecule has 0 spiro atoms. The van der Waals surface area contributed by atoms with Gasteiger partial charge in [-0.25, -0.2) is 44.2 Å². The van der Waals surface area contributed by atoms with Crippen LogP contribution in [0.5, 0.6) is 0 Å². The van der Waals surface area contributed by atoms with Crippen LogP contribution < -0.4 is 14.2 Å². The molecule has 142 heavy (non-hydrogen) atoms. The van der Waals surface area contributed by atoms with Gasteiger partial charge in [0.25, 0.3) is 0 Å². The molecule has 1 fully saturated rings. The number of carboxylic acids is 1. The van der Waals surface area contributed by atoms with Gasteiger partial charge in [0.1, 0.15) is 23.0 Å². The molecule has 0 radical (unpaired) electrons. The molecule has 16 aromatic heterocycles. The van der Waals surface area contributed by atoms with Gasteiger partial charge in [-0.2, -0.15) is 0 Å². The second kappa shape index (κ2) is 39.5. The van der Waals surface area contributed by atoms with E-state index in [1.807, 2.05) is 189 Å². The molecule has 1 aliphatic rings. The molecule has 0 unspecified atom stereocenters. The number of aromatic nitrogens is 16. The number of pyridine rings is 8. The molecule has 4 N–H and O–H groups in total. The minimum Gasteiger partial charge on any atom is -0.478 e. The minimum atomic E-state index is -3.53. The van der Waals surface area contributed by atoms with E-state index >= 15 is 0 Å². The number of hydrogen-bond donors (Lipinski definition) is 4. The van der Waals surface area contributed by atoms with E-state index < -0.39 is 41.6 Å². The predicted octanol–water partition coefficient (Wildman–Crippen LogP) is 21.4. The largest absolute Gasteiger partial charge is 0.478 e. The van der Waals surface area contributed by atoms with E-state index in [0.717, 1.165) is 215 Å². The zero-order valence-electron chi connectivity index (χ0n) is 80.7. The molecule has 21 rings (SSSR count). The Balaban J connectivity index is 0.000000125. The Morgan fingerprint density at radius 2 is 0.704 bits per heavy atom. The van der Waals surface area contributed by atoms with E-state index in [4.69, 9.17) is 38.0 Å². The second-order valence-corrected chi connectivity index (χ2v) is 40.9. The van der Waals surface area contributed by atoms with Crippen LogP contribution in [0.1, 0.15) is 151 Å². The fourth-order valence-electron chi connectivity index (χ4n) is 18.1. The number of aryl methyl sites for hydroxylation is 8. The summed E-state index contributed by atoms with van der Waals surface area (Å²) in [6.07, 6.45) is 24.5. The SMILES string of the molecule is CCNS(=O)(=O)c1ccc(-c2cn([C@@H](C)c3ccccn3)c3cc(-c4c(C)noc4C)cnc23)cc1.CNS(=O)(=O)c1ccc(-c2cn([C@@H](C)c3ccccn3)c3cc(-c4c(C)noc4C)cnc23)cc1.Cc1noc(C)c1-c1cnc2c(-c3ccc(C(=O)O)cc3)cn(C(C)(C)c3ccccn3)c2c1.Cc1noc(C)c1-c1cnc2c(-c3ccc(S(=O)(=O)NC4CC4)cc3)cn([C@@H](C)c3ccccn3)c2c1. The number of carboxylic acid groups (broad SMARTS) is 1. The molecule has 0 bridgehead atoms. The van der Waals surface area contributed by atoms with Gasteiger partial charge in [0.05, 0.1) is 134 Å². The van der Waals surface area contributed by atoms with Crippen molar-refractivity contribution < 1.29 is 53.2 Å². The first-order valence-corrected chi connectivity index (χ1v) is 50.6. The molecule has 16 heterocycles. The van der Waals surface area contributed by atoms with Crippen LogP contribution in [0.2, 0.25) is 0 Å². The van der Waals surface area contributed by atoms with E-state index in [0.29, 0.717) is 6.54 Å². The molecule has 720 valence electrons. The molecule has 0 aliphatic heterocycles. The summed E-state index contributed by atoms with van der Waals surface area (Å²) in [7, 11) is -9.16. The van der Waals surface area contributed by atoms with Crippen molar-refractivity contribution in [1.82, 2.24) is 92.9 Å². The normalized spacial score (nSPS) is 13.1. The van der Waals surface area contributed by atoms with Crippen LogP contribution in [-0.2, 0) is 35.6 Å². The van der Waals surface area contributed by atoms with Crippen LogP contribution in [0.4, 0.5) is 0 Å². The average Bonchev–Trinajstić information content (AvgIpc) is 1.59. The maximum Gasteiger partial charge on any atom is 0.335 e. The molecule has 1 aliphatic carbocycles. The first kappa shape index (κ1) is 96.5. The zero-order valence-corrected chi connectivity index (χ0v) is 83.1. The van der Waals surface area contributed by atoms with Gasteiger partial charge in [0.2, 0.25) is 30.1 Å². The van der Waals surface area contributed by atoms with Gasteiger partial charge < -0.3 is 41.5 Å². The molecule has 31 nitrogen and oxygen atoms in total. The first-order valence-electron chi connectivity index (χ1n) is 46.2. The fourth-order valence-corrected chi connectivity index (χ4v) is 21.2. The van der Waals surface area contributed by atoms with Crippen molar-refractivity contribution in [3.8, 4) is 89.0 Å². The van der Waals surface area contributed by atoms with Crippen molar-refractivity contribution >= 4 is 80.2 Å². The van der Waals surface area contributed by atoms with E-state index in [-0.39, 0.29) is 44.4 Å². The molecule has 20 aromatic rings. The summed E-state index contributed by atoms with van der Waals surface area (Å²) in [5, 5.41) is 25.7. The van der Waals surface area contributed by atoms with Crippen molar-refractivity contribution in [3.05, 3.63) is 343 Å². The number of rotatable bonds is 25. The highest BCUT2D eigenvalue weighted by atomic mass is 32.2. The van der Waals surface area contributed by atoms with Gasteiger partial charge >= 0.3 is 5.97 Å². The van der Waals surface area contributed by atoms with E-state index in [1.165, 1.54) is 7.05 Å². The quantitative estimate of drug-likeness (QED) is 0.0413. The molecule has 4 aromatic carbocycles. The Bertz CT molecular complexity index is 8370. The Morgan fingerprint density at radius 1 is 0.394 bits per heavy atom. The maximum absolute atomic E-state index is 12.7. The lowest BCUT2D eigenvalue weighted by Crippen LogP contribution is -2.28. The molecule has 0 amide bonds. The van der Waals surface area contributed by atoms with Crippen LogP contribution in [0.25, 0.3) is 133 Å². The number of aromatic carboxylic acids is 1. The summed E-state index contributed by atoms with van der Waals surface area (Å²) in [4.78, 5) is 49.7. The smallest absolute Gasteiger partial charge is 0.335 e.